The van der Waals surface area contributed by atoms with Crippen molar-refractivity contribution in [1.29, 1.82) is 0 Å². The van der Waals surface area contributed by atoms with E-state index >= 15 is 4.39 Å². The fourth-order valence-electron chi connectivity index (χ4n) is 4.85. The van der Waals surface area contributed by atoms with Gasteiger partial charge < -0.3 is 9.15 Å². The summed E-state index contributed by atoms with van der Waals surface area (Å²) >= 11 is 0. The lowest BCUT2D eigenvalue weighted by molar-refractivity contribution is 0.154. The molecular weight excluding hydrogens is 457 g/mol. The van der Waals surface area contributed by atoms with Gasteiger partial charge in [-0.15, -0.1) is 0 Å². The van der Waals surface area contributed by atoms with E-state index in [1.54, 1.807) is 0 Å². The molecule has 1 fully saturated rings. The summed E-state index contributed by atoms with van der Waals surface area (Å²) in [4.78, 5) is 4.41. The Morgan fingerprint density at radius 2 is 1.97 bits per heavy atom. The first-order chi connectivity index (χ1) is 15.7. The molecule has 2 aliphatic rings. The van der Waals surface area contributed by atoms with Gasteiger partial charge in [-0.05, 0) is 43.0 Å². The van der Waals surface area contributed by atoms with Gasteiger partial charge in [0.1, 0.15) is 30.6 Å². The topological polar surface area (TPSA) is 81.4 Å². The average Bonchev–Trinajstić information content (AvgIpc) is 3.39. The number of ether oxygens (including phenoxy) is 1. The second-order valence-electron chi connectivity index (χ2n) is 8.64. The number of hydrogen-bond donors (Lipinski definition) is 1. The van der Waals surface area contributed by atoms with Crippen molar-refractivity contribution in [3.63, 3.8) is 0 Å². The number of fused-ring (bicyclic) bond motifs is 7. The van der Waals surface area contributed by atoms with Gasteiger partial charge in [-0.1, -0.05) is 18.2 Å². The first kappa shape index (κ1) is 22.0. The average molecular weight is 478 g/mol. The molecule has 1 aromatic heterocycles. The highest BCUT2D eigenvalue weighted by Crippen LogP contribution is 2.52. The first-order valence-corrected chi connectivity index (χ1v) is 12.3. The molecule has 3 aromatic rings. The van der Waals surface area contributed by atoms with Crippen LogP contribution in [-0.4, -0.2) is 25.7 Å². The van der Waals surface area contributed by atoms with Crippen LogP contribution in [0.3, 0.4) is 0 Å². The maximum atomic E-state index is 16.3. The van der Waals surface area contributed by atoms with Gasteiger partial charge >= 0.3 is 0 Å². The number of aromatic nitrogens is 1. The summed E-state index contributed by atoms with van der Waals surface area (Å²) in [6.45, 7) is -0.170. The summed E-state index contributed by atoms with van der Waals surface area (Å²) in [5, 5.41) is 0. The summed E-state index contributed by atoms with van der Waals surface area (Å²) in [5.74, 6) is -1.39. The SMILES string of the molecule is CS(=O)(=O)N[C@H]1CC[C@@]2(C1)c1nc(co1)COc1c(F)cccc1-c1cc(ccc1F)[C@@H]2F. The molecule has 0 saturated heterocycles. The second-order valence-corrected chi connectivity index (χ2v) is 10.4. The number of halogens is 3. The Balaban J connectivity index is 1.67. The number of hydrogen-bond acceptors (Lipinski definition) is 5. The number of para-hydroxylation sites is 1. The van der Waals surface area contributed by atoms with Crippen molar-refractivity contribution < 1.29 is 30.7 Å². The monoisotopic (exact) mass is 478 g/mol. The number of oxazole rings is 1. The van der Waals surface area contributed by atoms with E-state index in [1.165, 1.54) is 36.6 Å². The van der Waals surface area contributed by atoms with Crippen molar-refractivity contribution in [2.24, 2.45) is 0 Å². The van der Waals surface area contributed by atoms with Crippen LogP contribution in [0.2, 0.25) is 0 Å². The predicted molar refractivity (Wildman–Crippen MR) is 114 cm³/mol. The largest absolute Gasteiger partial charge is 0.483 e. The lowest BCUT2D eigenvalue weighted by Crippen LogP contribution is -2.36. The van der Waals surface area contributed by atoms with Crippen molar-refractivity contribution in [3.8, 4) is 16.9 Å². The van der Waals surface area contributed by atoms with Gasteiger partial charge in [0.2, 0.25) is 15.9 Å². The van der Waals surface area contributed by atoms with Gasteiger partial charge in [-0.3, -0.25) is 0 Å². The van der Waals surface area contributed by atoms with Gasteiger partial charge in [0.25, 0.3) is 0 Å². The molecule has 1 spiro atoms. The Bertz CT molecular complexity index is 1330. The van der Waals surface area contributed by atoms with Crippen molar-refractivity contribution in [3.05, 3.63) is 71.4 Å². The Hall–Kier alpha value is -2.85. The zero-order valence-corrected chi connectivity index (χ0v) is 18.5. The fourth-order valence-corrected chi connectivity index (χ4v) is 5.66. The summed E-state index contributed by atoms with van der Waals surface area (Å²) in [6, 6.07) is 7.42. The first-order valence-electron chi connectivity index (χ1n) is 10.4. The number of sulfonamides is 1. The number of nitrogens with zero attached hydrogens (tertiary/aromatic N) is 1. The third-order valence-electron chi connectivity index (χ3n) is 6.30. The highest BCUT2D eigenvalue weighted by atomic mass is 32.2. The maximum Gasteiger partial charge on any atom is 0.208 e. The normalized spacial score (nSPS) is 24.6. The molecule has 3 atom stereocenters. The summed E-state index contributed by atoms with van der Waals surface area (Å²) in [5.41, 5.74) is -0.632. The van der Waals surface area contributed by atoms with E-state index in [1.807, 2.05) is 0 Å². The van der Waals surface area contributed by atoms with E-state index in [4.69, 9.17) is 9.15 Å². The van der Waals surface area contributed by atoms with E-state index in [0.717, 1.165) is 12.3 Å². The molecule has 10 heteroatoms. The fraction of sp³-hybridized carbons (Fsp3) is 0.348. The molecule has 2 heterocycles. The molecule has 1 saturated carbocycles. The Morgan fingerprint density at radius 1 is 1.15 bits per heavy atom. The number of alkyl halides is 1. The maximum absolute atomic E-state index is 16.3. The molecule has 6 nitrogen and oxygen atoms in total. The van der Waals surface area contributed by atoms with Gasteiger partial charge in [0.15, 0.2) is 11.6 Å². The van der Waals surface area contributed by atoms with Crippen LogP contribution in [0.25, 0.3) is 11.1 Å². The third kappa shape index (κ3) is 3.91. The summed E-state index contributed by atoms with van der Waals surface area (Å²) in [7, 11) is -3.50. The molecule has 1 aliphatic heterocycles. The minimum Gasteiger partial charge on any atom is -0.483 e. The van der Waals surface area contributed by atoms with Crippen LogP contribution < -0.4 is 9.46 Å². The van der Waals surface area contributed by atoms with E-state index in [0.29, 0.717) is 12.1 Å². The van der Waals surface area contributed by atoms with E-state index in [-0.39, 0.29) is 47.8 Å². The highest BCUT2D eigenvalue weighted by molar-refractivity contribution is 7.88. The second kappa shape index (κ2) is 7.88. The standard InChI is InChI=1S/C23H21F3N2O4S/c1-33(29,30)28-14-7-8-23(10-14)21(26)13-5-6-18(24)17(9-13)16-3-2-4-19(25)20(16)31-11-15-12-32-22(23)27-15/h2-6,9,12,14,21,28H,7-8,10-11H2,1H3/t14-,21-,23-/m0/s1. The van der Waals surface area contributed by atoms with Gasteiger partial charge in [0.05, 0.1) is 11.7 Å². The number of nitrogens with one attached hydrogen (secondary N) is 1. The van der Waals surface area contributed by atoms with Crippen molar-refractivity contribution in [2.75, 3.05) is 6.26 Å². The van der Waals surface area contributed by atoms with E-state index < -0.39 is 39.3 Å². The smallest absolute Gasteiger partial charge is 0.208 e. The summed E-state index contributed by atoms with van der Waals surface area (Å²) < 4.78 is 83.1. The van der Waals surface area contributed by atoms with Crippen LogP contribution in [0.4, 0.5) is 13.2 Å². The van der Waals surface area contributed by atoms with Crippen LogP contribution in [0.5, 0.6) is 5.75 Å². The summed E-state index contributed by atoms with van der Waals surface area (Å²) in [6.07, 6.45) is 1.45. The quantitative estimate of drug-likeness (QED) is 0.584. The van der Waals surface area contributed by atoms with Crippen LogP contribution in [-0.2, 0) is 22.0 Å². The van der Waals surface area contributed by atoms with E-state index in [2.05, 4.69) is 9.71 Å². The van der Waals surface area contributed by atoms with Gasteiger partial charge in [0, 0.05) is 17.2 Å². The lowest BCUT2D eigenvalue weighted by atomic mass is 9.77. The van der Waals surface area contributed by atoms with Gasteiger partial charge in [-0.2, -0.15) is 0 Å². The van der Waals surface area contributed by atoms with Crippen LogP contribution >= 0.6 is 0 Å². The molecule has 0 amide bonds. The van der Waals surface area contributed by atoms with E-state index in [9.17, 15) is 17.2 Å². The molecule has 33 heavy (non-hydrogen) atoms. The van der Waals surface area contributed by atoms with Gasteiger partial charge in [-0.25, -0.2) is 31.3 Å². The molecule has 0 unspecified atom stereocenters. The van der Waals surface area contributed by atoms with Crippen molar-refractivity contribution in [1.82, 2.24) is 9.71 Å². The zero-order valence-electron chi connectivity index (χ0n) is 17.6. The Kier molecular flexibility index (Phi) is 5.24. The minimum absolute atomic E-state index is 0.00775. The highest BCUT2D eigenvalue weighted by Gasteiger charge is 2.52. The minimum atomic E-state index is -3.50. The van der Waals surface area contributed by atoms with Crippen LogP contribution in [0, 0.1) is 11.6 Å². The Labute approximate surface area is 188 Å². The molecule has 5 rings (SSSR count). The predicted octanol–water partition coefficient (Wildman–Crippen LogP) is 4.56. The molecule has 1 N–H and O–H groups in total. The number of rotatable bonds is 2. The van der Waals surface area contributed by atoms with Crippen LogP contribution in [0.1, 0.15) is 42.6 Å². The molecule has 174 valence electrons. The molecule has 4 bridgehead atoms. The van der Waals surface area contributed by atoms with Crippen molar-refractivity contribution in [2.45, 2.75) is 43.5 Å². The molecule has 1 aliphatic carbocycles. The van der Waals surface area contributed by atoms with Crippen LogP contribution in [0.15, 0.2) is 47.1 Å². The van der Waals surface area contributed by atoms with Crippen molar-refractivity contribution >= 4 is 10.0 Å². The molecular formula is C23H21F3N2O4S. The molecule has 0 radical (unpaired) electrons. The lowest BCUT2D eigenvalue weighted by Gasteiger charge is -2.30. The third-order valence-corrected chi connectivity index (χ3v) is 7.06. The zero-order chi connectivity index (χ0) is 23.4. The molecule has 2 aromatic carbocycles. The number of benzene rings is 2. The Morgan fingerprint density at radius 3 is 2.76 bits per heavy atom.